The third kappa shape index (κ3) is 4.84. The van der Waals surface area contributed by atoms with Crippen LogP contribution < -0.4 is 10.6 Å². The van der Waals surface area contributed by atoms with Crippen molar-refractivity contribution in [2.45, 2.75) is 50.9 Å². The molecule has 2 N–H and O–H groups in total. The second-order valence-corrected chi connectivity index (χ2v) is 7.81. The summed E-state index contributed by atoms with van der Waals surface area (Å²) in [5.41, 5.74) is 1.98. The molecule has 3 amide bonds. The van der Waals surface area contributed by atoms with Crippen molar-refractivity contribution >= 4 is 23.6 Å². The molecule has 0 unspecified atom stereocenters. The maximum absolute atomic E-state index is 13.3. The number of anilines is 1. The molecule has 7 nitrogen and oxygen atoms in total. The Morgan fingerprint density at radius 2 is 1.77 bits per heavy atom. The average molecular weight is 425 g/mol. The van der Waals surface area contributed by atoms with E-state index in [1.807, 2.05) is 0 Å². The average Bonchev–Trinajstić information content (AvgIpc) is 3.52. The summed E-state index contributed by atoms with van der Waals surface area (Å²) in [6, 6.07) is 12.0. The Kier molecular flexibility index (Phi) is 5.88. The van der Waals surface area contributed by atoms with Crippen molar-refractivity contribution in [3.8, 4) is 0 Å². The van der Waals surface area contributed by atoms with Crippen molar-refractivity contribution in [1.29, 1.82) is 0 Å². The Labute approximate surface area is 179 Å². The van der Waals surface area contributed by atoms with Gasteiger partial charge in [-0.3, -0.25) is 14.5 Å². The molecule has 1 aliphatic carbocycles. The fourth-order valence-corrected chi connectivity index (χ4v) is 3.52. The van der Waals surface area contributed by atoms with Crippen LogP contribution >= 0.6 is 0 Å². The molecule has 0 radical (unpaired) electrons. The van der Waals surface area contributed by atoms with Crippen molar-refractivity contribution in [3.63, 3.8) is 0 Å². The minimum absolute atomic E-state index is 0.104. The van der Waals surface area contributed by atoms with Crippen LogP contribution in [0.2, 0.25) is 0 Å². The van der Waals surface area contributed by atoms with Crippen LogP contribution in [0.25, 0.3) is 0 Å². The quantitative estimate of drug-likeness (QED) is 0.711. The fraction of sp³-hybridized carbons (Fsp3) is 0.348. The number of benzene rings is 2. The number of nitrogens with one attached hydrogen (secondary N) is 2. The van der Waals surface area contributed by atoms with E-state index >= 15 is 0 Å². The van der Waals surface area contributed by atoms with Crippen LogP contribution in [-0.4, -0.2) is 34.9 Å². The highest BCUT2D eigenvalue weighted by atomic mass is 19.1. The van der Waals surface area contributed by atoms with Crippen LogP contribution in [0.15, 0.2) is 48.5 Å². The molecule has 1 heterocycles. The lowest BCUT2D eigenvalue weighted by molar-refractivity contribution is -0.126. The number of carbonyl (C=O) groups is 3. The van der Waals surface area contributed by atoms with Gasteiger partial charge in [0.1, 0.15) is 5.82 Å². The highest BCUT2D eigenvalue weighted by Crippen LogP contribution is 2.35. The number of amides is 3. The number of nitrogens with zero attached hydrogens (tertiary/aromatic N) is 1. The normalized spacial score (nSPS) is 20.3. The zero-order valence-electron chi connectivity index (χ0n) is 17.1. The lowest BCUT2D eigenvalue weighted by Gasteiger charge is -2.24. The van der Waals surface area contributed by atoms with Gasteiger partial charge in [-0.1, -0.05) is 31.2 Å². The van der Waals surface area contributed by atoms with E-state index in [1.54, 1.807) is 43.3 Å². The number of carbonyl (C=O) groups excluding carboxylic acids is 3. The minimum atomic E-state index is -0.853. The molecule has 2 aromatic carbocycles. The predicted molar refractivity (Wildman–Crippen MR) is 111 cm³/mol. The first-order chi connectivity index (χ1) is 14.9. The van der Waals surface area contributed by atoms with E-state index < -0.39 is 18.2 Å². The highest BCUT2D eigenvalue weighted by molar-refractivity contribution is 5.91. The Bertz CT molecular complexity index is 973. The van der Waals surface area contributed by atoms with Crippen molar-refractivity contribution in [1.82, 2.24) is 10.2 Å². The van der Waals surface area contributed by atoms with Gasteiger partial charge < -0.3 is 15.4 Å². The lowest BCUT2D eigenvalue weighted by atomic mass is 10.00. The van der Waals surface area contributed by atoms with Gasteiger partial charge in [0.05, 0.1) is 6.54 Å². The van der Waals surface area contributed by atoms with E-state index in [0.29, 0.717) is 23.2 Å². The van der Waals surface area contributed by atoms with Crippen LogP contribution in [0.5, 0.6) is 0 Å². The fourth-order valence-electron chi connectivity index (χ4n) is 3.52. The van der Waals surface area contributed by atoms with Crippen LogP contribution in [0.3, 0.4) is 0 Å². The molecule has 162 valence electrons. The topological polar surface area (TPSA) is 87.7 Å². The molecule has 0 spiro atoms. The smallest absolute Gasteiger partial charge is 0.411 e. The van der Waals surface area contributed by atoms with Crippen LogP contribution in [0.4, 0.5) is 14.9 Å². The summed E-state index contributed by atoms with van der Waals surface area (Å²) < 4.78 is 18.9. The molecular formula is C23H24FN3O4. The Balaban J connectivity index is 1.58. The number of halogens is 1. The molecule has 1 aliphatic heterocycles. The molecule has 2 fully saturated rings. The summed E-state index contributed by atoms with van der Waals surface area (Å²) in [5.74, 6) is -0.750. The van der Waals surface area contributed by atoms with E-state index in [4.69, 9.17) is 4.74 Å². The summed E-state index contributed by atoms with van der Waals surface area (Å²) in [5, 5.41) is 5.72. The number of hydrogen-bond acceptors (Lipinski definition) is 4. The zero-order valence-corrected chi connectivity index (χ0v) is 17.1. The second-order valence-electron chi connectivity index (χ2n) is 7.81. The van der Waals surface area contributed by atoms with Gasteiger partial charge in [-0.15, -0.1) is 0 Å². The highest BCUT2D eigenvalue weighted by Gasteiger charge is 2.47. The number of cyclic esters (lactones) is 1. The molecule has 2 aliphatic rings. The van der Waals surface area contributed by atoms with Gasteiger partial charge in [0.2, 0.25) is 11.8 Å². The summed E-state index contributed by atoms with van der Waals surface area (Å²) in [4.78, 5) is 38.7. The van der Waals surface area contributed by atoms with E-state index in [9.17, 15) is 18.8 Å². The van der Waals surface area contributed by atoms with Gasteiger partial charge in [0.15, 0.2) is 12.1 Å². The first-order valence-corrected chi connectivity index (χ1v) is 10.4. The summed E-state index contributed by atoms with van der Waals surface area (Å²) in [6.45, 7) is 1.89. The maximum Gasteiger partial charge on any atom is 0.411 e. The van der Waals surface area contributed by atoms with Crippen molar-refractivity contribution in [2.75, 3.05) is 5.32 Å². The molecule has 1 saturated carbocycles. The van der Waals surface area contributed by atoms with Gasteiger partial charge in [-0.25, -0.2) is 9.18 Å². The zero-order chi connectivity index (χ0) is 22.0. The molecule has 0 bridgehead atoms. The predicted octanol–water partition coefficient (Wildman–Crippen LogP) is 3.51. The van der Waals surface area contributed by atoms with Gasteiger partial charge in [0.25, 0.3) is 0 Å². The van der Waals surface area contributed by atoms with Crippen LogP contribution in [0, 0.1) is 5.82 Å². The van der Waals surface area contributed by atoms with E-state index in [2.05, 4.69) is 10.6 Å². The Morgan fingerprint density at radius 1 is 1.10 bits per heavy atom. The number of rotatable bonds is 7. The maximum atomic E-state index is 13.3. The van der Waals surface area contributed by atoms with Gasteiger partial charge in [-0.2, -0.15) is 0 Å². The number of ether oxygens (including phenoxy) is 1. The first kappa shape index (κ1) is 20.8. The molecular weight excluding hydrogens is 401 g/mol. The van der Waals surface area contributed by atoms with Crippen molar-refractivity contribution < 1.29 is 23.5 Å². The summed E-state index contributed by atoms with van der Waals surface area (Å²) in [6.07, 6.45) is 0.809. The van der Waals surface area contributed by atoms with Crippen molar-refractivity contribution in [3.05, 3.63) is 65.5 Å². The standard InChI is InChI=1S/C23H24FN3O4/c1-2-19(28)25-17-9-5-15(6-10-17)21-20(22(29)26-18-11-12-18)27(23(30)31-21)13-14-3-7-16(24)8-4-14/h3-10,18,20-21H,2,11-13H2,1H3,(H,25,28)(H,26,29)/t20-,21+/m1/s1. The van der Waals surface area contributed by atoms with Gasteiger partial charge in [-0.05, 0) is 48.2 Å². The van der Waals surface area contributed by atoms with E-state index in [-0.39, 0.29) is 30.2 Å². The van der Waals surface area contributed by atoms with Crippen LogP contribution in [0.1, 0.15) is 43.4 Å². The van der Waals surface area contributed by atoms with Crippen molar-refractivity contribution in [2.24, 2.45) is 0 Å². The largest absolute Gasteiger partial charge is 0.438 e. The molecule has 2 atom stereocenters. The van der Waals surface area contributed by atoms with Crippen LogP contribution in [-0.2, 0) is 20.9 Å². The Hall–Kier alpha value is -3.42. The number of hydrogen-bond donors (Lipinski definition) is 2. The molecule has 4 rings (SSSR count). The summed E-state index contributed by atoms with van der Waals surface area (Å²) >= 11 is 0. The Morgan fingerprint density at radius 3 is 2.39 bits per heavy atom. The minimum Gasteiger partial charge on any atom is -0.438 e. The molecule has 1 saturated heterocycles. The molecule has 2 aromatic rings. The molecule has 0 aromatic heterocycles. The molecule has 31 heavy (non-hydrogen) atoms. The SMILES string of the molecule is CCC(=O)Nc1ccc([C@@H]2OC(=O)N(Cc3ccc(F)cc3)[C@H]2C(=O)NC2CC2)cc1. The monoisotopic (exact) mass is 425 g/mol. The second kappa shape index (κ2) is 8.75. The lowest BCUT2D eigenvalue weighted by Crippen LogP contribution is -2.46. The molecule has 8 heteroatoms. The first-order valence-electron chi connectivity index (χ1n) is 10.4. The summed E-state index contributed by atoms with van der Waals surface area (Å²) in [7, 11) is 0. The third-order valence-electron chi connectivity index (χ3n) is 5.39. The van der Waals surface area contributed by atoms with E-state index in [0.717, 1.165) is 12.8 Å². The van der Waals surface area contributed by atoms with Gasteiger partial charge >= 0.3 is 6.09 Å². The van der Waals surface area contributed by atoms with Gasteiger partial charge in [0, 0.05) is 18.2 Å². The third-order valence-corrected chi connectivity index (χ3v) is 5.39. The van der Waals surface area contributed by atoms with E-state index in [1.165, 1.54) is 17.0 Å².